The lowest BCUT2D eigenvalue weighted by molar-refractivity contribution is 0.269. The number of rotatable bonds is 7. The van der Waals surface area contributed by atoms with Gasteiger partial charge in [0.15, 0.2) is 0 Å². The first kappa shape index (κ1) is 22.3. The number of ether oxygens (including phenoxy) is 1. The fraction of sp³-hybridized carbons (Fsp3) is 0.316. The second-order valence-corrected chi connectivity index (χ2v) is 10.2. The molecule has 0 saturated carbocycles. The Kier molecular flexibility index (Phi) is 6.84. The van der Waals surface area contributed by atoms with Crippen molar-refractivity contribution in [1.82, 2.24) is 24.5 Å². The number of aromatic amines is 1. The average molecular weight is 498 g/mol. The van der Waals surface area contributed by atoms with E-state index in [2.05, 4.69) is 35.7 Å². The molecule has 0 amide bonds. The van der Waals surface area contributed by atoms with E-state index in [-0.39, 0.29) is 28.3 Å². The Morgan fingerprint density at radius 3 is 2.70 bits per heavy atom. The maximum atomic E-state index is 13.2. The summed E-state index contributed by atoms with van der Waals surface area (Å²) in [5, 5.41) is 4.31. The van der Waals surface area contributed by atoms with E-state index in [1.165, 1.54) is 18.5 Å². The summed E-state index contributed by atoms with van der Waals surface area (Å²) in [7, 11) is -1.39. The van der Waals surface area contributed by atoms with Gasteiger partial charge in [-0.15, -0.1) is 0 Å². The van der Waals surface area contributed by atoms with Gasteiger partial charge in [-0.2, -0.15) is 5.10 Å². The number of nitrogens with zero attached hydrogens (tertiary/aromatic N) is 3. The highest BCUT2D eigenvalue weighted by Crippen LogP contribution is 2.22. The van der Waals surface area contributed by atoms with Crippen molar-refractivity contribution in [3.05, 3.63) is 69.2 Å². The third-order valence-corrected chi connectivity index (χ3v) is 6.36. The second kappa shape index (κ2) is 9.19. The molecule has 0 aliphatic heterocycles. The summed E-state index contributed by atoms with van der Waals surface area (Å²) >= 11 is 3.15. The van der Waals surface area contributed by atoms with Gasteiger partial charge < -0.3 is 9.72 Å². The van der Waals surface area contributed by atoms with E-state index in [0.717, 1.165) is 0 Å². The minimum absolute atomic E-state index is 0.0476. The molecule has 2 N–H and O–H groups in total. The molecule has 0 saturated heterocycles. The number of H-pyrrole nitrogens is 1. The van der Waals surface area contributed by atoms with Crippen molar-refractivity contribution in [1.29, 1.82) is 0 Å². The SMILES string of the molecule is CC(C)(C)[S@@](=O)N[C@@H](COc1nc[nH]c(=O)c1Br)c1cnn(-c2ccc(F)cc2)c1. The van der Waals surface area contributed by atoms with Crippen LogP contribution in [0, 0.1) is 5.82 Å². The lowest BCUT2D eigenvalue weighted by Crippen LogP contribution is -2.38. The molecular formula is C19H21BrFN5O3S. The van der Waals surface area contributed by atoms with Gasteiger partial charge in [0.25, 0.3) is 5.56 Å². The van der Waals surface area contributed by atoms with Crippen LogP contribution in [0.4, 0.5) is 4.39 Å². The number of aromatic nitrogens is 4. The van der Waals surface area contributed by atoms with E-state index in [0.29, 0.717) is 11.3 Å². The maximum absolute atomic E-state index is 13.2. The summed E-state index contributed by atoms with van der Waals surface area (Å²) < 4.78 is 35.9. The van der Waals surface area contributed by atoms with Gasteiger partial charge in [0.05, 0.1) is 40.0 Å². The Morgan fingerprint density at radius 1 is 1.33 bits per heavy atom. The standard InChI is InChI=1S/C19H21BrFN5O3S/c1-19(2,3)30(28)25-15(10-29-18-16(20)17(27)22-11-23-18)12-8-24-26(9-12)14-6-4-13(21)5-7-14/h4-9,11,15,25H,10H2,1-3H3,(H,22,23,27)/t15-,30+/m0/s1. The molecule has 0 radical (unpaired) electrons. The van der Waals surface area contributed by atoms with Crippen LogP contribution in [0.3, 0.4) is 0 Å². The molecule has 0 unspecified atom stereocenters. The Labute approximate surface area is 183 Å². The van der Waals surface area contributed by atoms with Crippen molar-refractivity contribution >= 4 is 26.9 Å². The molecule has 0 aliphatic carbocycles. The van der Waals surface area contributed by atoms with Crippen molar-refractivity contribution in [2.24, 2.45) is 0 Å². The second-order valence-electron chi connectivity index (χ2n) is 7.41. The van der Waals surface area contributed by atoms with Crippen LogP contribution >= 0.6 is 15.9 Å². The van der Waals surface area contributed by atoms with Crippen molar-refractivity contribution in [2.45, 2.75) is 31.6 Å². The van der Waals surface area contributed by atoms with E-state index in [1.54, 1.807) is 29.2 Å². The van der Waals surface area contributed by atoms with E-state index in [9.17, 15) is 13.4 Å². The van der Waals surface area contributed by atoms with Crippen LogP contribution in [0.25, 0.3) is 5.69 Å². The quantitative estimate of drug-likeness (QED) is 0.522. The molecule has 0 spiro atoms. The molecule has 0 bridgehead atoms. The number of nitrogens with one attached hydrogen (secondary N) is 2. The highest BCUT2D eigenvalue weighted by atomic mass is 79.9. The molecule has 2 heterocycles. The molecule has 160 valence electrons. The highest BCUT2D eigenvalue weighted by molar-refractivity contribution is 9.10. The first-order valence-corrected chi connectivity index (χ1v) is 10.9. The van der Waals surface area contributed by atoms with Crippen molar-refractivity contribution in [2.75, 3.05) is 6.61 Å². The summed E-state index contributed by atoms with van der Waals surface area (Å²) in [6.45, 7) is 5.60. The van der Waals surface area contributed by atoms with E-state index in [4.69, 9.17) is 4.74 Å². The minimum Gasteiger partial charge on any atom is -0.475 e. The number of halogens is 2. The van der Waals surface area contributed by atoms with E-state index >= 15 is 0 Å². The van der Waals surface area contributed by atoms with Gasteiger partial charge in [-0.25, -0.2) is 23.0 Å². The maximum Gasteiger partial charge on any atom is 0.268 e. The molecule has 8 nitrogen and oxygen atoms in total. The third-order valence-electron chi connectivity index (χ3n) is 4.05. The summed E-state index contributed by atoms with van der Waals surface area (Å²) in [6, 6.07) is 5.40. The largest absolute Gasteiger partial charge is 0.475 e. The number of hydrogen-bond donors (Lipinski definition) is 2. The molecule has 1 aromatic carbocycles. The van der Waals surface area contributed by atoms with E-state index < -0.39 is 21.8 Å². The topological polar surface area (TPSA) is 102 Å². The van der Waals surface area contributed by atoms with Gasteiger partial charge in [-0.3, -0.25) is 4.79 Å². The van der Waals surface area contributed by atoms with Gasteiger partial charge in [-0.05, 0) is 61.0 Å². The predicted molar refractivity (Wildman–Crippen MR) is 115 cm³/mol. The van der Waals surface area contributed by atoms with Crippen LogP contribution in [0.2, 0.25) is 0 Å². The zero-order valence-corrected chi connectivity index (χ0v) is 19.0. The van der Waals surface area contributed by atoms with Crippen molar-refractivity contribution in [3.63, 3.8) is 0 Å². The number of benzene rings is 1. The fourth-order valence-corrected chi connectivity index (χ4v) is 3.53. The molecule has 3 aromatic rings. The summed E-state index contributed by atoms with van der Waals surface area (Å²) in [4.78, 5) is 18.2. The molecular weight excluding hydrogens is 477 g/mol. The van der Waals surface area contributed by atoms with Gasteiger partial charge >= 0.3 is 0 Å². The summed E-state index contributed by atoms with van der Waals surface area (Å²) in [6.07, 6.45) is 4.60. The molecule has 11 heteroatoms. The number of hydrogen-bond acceptors (Lipinski definition) is 5. The summed E-state index contributed by atoms with van der Waals surface area (Å²) in [5.41, 5.74) is 1.02. The smallest absolute Gasteiger partial charge is 0.268 e. The van der Waals surface area contributed by atoms with Gasteiger partial charge in [0.1, 0.15) is 16.9 Å². The average Bonchev–Trinajstić information content (AvgIpc) is 3.17. The lowest BCUT2D eigenvalue weighted by atomic mass is 10.2. The van der Waals surface area contributed by atoms with Gasteiger partial charge in [-0.1, -0.05) is 0 Å². The third kappa shape index (κ3) is 5.41. The molecule has 0 aliphatic rings. The van der Waals surface area contributed by atoms with Crippen LogP contribution in [0.5, 0.6) is 5.88 Å². The fourth-order valence-electron chi connectivity index (χ4n) is 2.39. The van der Waals surface area contributed by atoms with Crippen molar-refractivity contribution in [3.8, 4) is 11.6 Å². The molecule has 0 fully saturated rings. The molecule has 2 atom stereocenters. The predicted octanol–water partition coefficient (Wildman–Crippen LogP) is 3.03. The van der Waals surface area contributed by atoms with Gasteiger partial charge in [0.2, 0.25) is 5.88 Å². The Morgan fingerprint density at radius 2 is 2.03 bits per heavy atom. The van der Waals surface area contributed by atoms with Gasteiger partial charge in [0, 0.05) is 11.8 Å². The normalized spacial score (nSPS) is 13.8. The zero-order chi connectivity index (χ0) is 21.9. The lowest BCUT2D eigenvalue weighted by Gasteiger charge is -2.23. The molecule has 2 aromatic heterocycles. The minimum atomic E-state index is -1.39. The Hall–Kier alpha value is -2.37. The Bertz CT molecular complexity index is 1090. The Balaban J connectivity index is 1.85. The van der Waals surface area contributed by atoms with Crippen molar-refractivity contribution < 1.29 is 13.3 Å². The molecule has 30 heavy (non-hydrogen) atoms. The first-order chi connectivity index (χ1) is 14.1. The van der Waals surface area contributed by atoms with Crippen LogP contribution < -0.4 is 15.0 Å². The van der Waals surface area contributed by atoms with Crippen LogP contribution in [0.15, 0.2) is 52.3 Å². The molecule has 3 rings (SSSR count). The van der Waals surface area contributed by atoms with Crippen LogP contribution in [-0.2, 0) is 11.0 Å². The summed E-state index contributed by atoms with van der Waals surface area (Å²) in [5.74, 6) is -0.214. The van der Waals surface area contributed by atoms with E-state index in [1.807, 2.05) is 20.8 Å². The first-order valence-electron chi connectivity index (χ1n) is 8.99. The monoisotopic (exact) mass is 497 g/mol. The van der Waals surface area contributed by atoms with Crippen LogP contribution in [0.1, 0.15) is 32.4 Å². The van der Waals surface area contributed by atoms with Crippen LogP contribution in [-0.4, -0.2) is 35.3 Å². The highest BCUT2D eigenvalue weighted by Gasteiger charge is 2.25. The zero-order valence-electron chi connectivity index (χ0n) is 16.6.